The van der Waals surface area contributed by atoms with Crippen molar-refractivity contribution in [3.05, 3.63) is 35.3 Å². The molecule has 116 valence electrons. The summed E-state index contributed by atoms with van der Waals surface area (Å²) in [7, 11) is 0. The molecule has 1 aliphatic carbocycles. The molecule has 1 fully saturated rings. The van der Waals surface area contributed by atoms with Crippen LogP contribution in [-0.2, 0) is 0 Å². The number of imidazole rings is 1. The highest BCUT2D eigenvalue weighted by Gasteiger charge is 2.16. The third-order valence-electron chi connectivity index (χ3n) is 4.17. The topological polar surface area (TPSA) is 58.8 Å². The van der Waals surface area contributed by atoms with E-state index in [2.05, 4.69) is 15.5 Å². The first kappa shape index (κ1) is 14.8. The van der Waals surface area contributed by atoms with Gasteiger partial charge in [-0.3, -0.25) is 9.20 Å². The van der Waals surface area contributed by atoms with Gasteiger partial charge >= 0.3 is 0 Å². The van der Waals surface area contributed by atoms with E-state index in [1.807, 2.05) is 36.6 Å². The van der Waals surface area contributed by atoms with Gasteiger partial charge in [0.15, 0.2) is 0 Å². The van der Waals surface area contributed by atoms with E-state index in [0.717, 1.165) is 35.5 Å². The zero-order valence-corrected chi connectivity index (χ0v) is 13.2. The summed E-state index contributed by atoms with van der Waals surface area (Å²) in [6.07, 6.45) is 8.73. The minimum absolute atomic E-state index is 0.189. The fourth-order valence-electron chi connectivity index (χ4n) is 2.97. The number of hydrazone groups is 1. The maximum atomic E-state index is 12.5. The first-order chi connectivity index (χ1) is 10.6. The summed E-state index contributed by atoms with van der Waals surface area (Å²) in [4.78, 5) is 16.9. The summed E-state index contributed by atoms with van der Waals surface area (Å²) < 4.78 is 1.82. The van der Waals surface area contributed by atoms with Crippen molar-refractivity contribution >= 4 is 17.3 Å². The molecule has 5 heteroatoms. The highest BCUT2D eigenvalue weighted by Crippen LogP contribution is 2.16. The van der Waals surface area contributed by atoms with E-state index < -0.39 is 0 Å². The van der Waals surface area contributed by atoms with Crippen molar-refractivity contribution in [3.63, 3.8) is 0 Å². The molecule has 0 unspecified atom stereocenters. The Morgan fingerprint density at radius 3 is 2.68 bits per heavy atom. The number of carbonyl (C=O) groups is 1. The lowest BCUT2D eigenvalue weighted by molar-refractivity contribution is 0.0948. The smallest absolute Gasteiger partial charge is 0.290 e. The zero-order valence-electron chi connectivity index (χ0n) is 13.2. The second kappa shape index (κ2) is 6.30. The van der Waals surface area contributed by atoms with Crippen LogP contribution in [0.25, 0.3) is 5.65 Å². The summed E-state index contributed by atoms with van der Waals surface area (Å²) in [5.74, 6) is -0.189. The van der Waals surface area contributed by atoms with Crippen molar-refractivity contribution in [2.45, 2.75) is 52.4 Å². The fraction of sp³-hybridized carbons (Fsp3) is 0.471. The van der Waals surface area contributed by atoms with Crippen LogP contribution in [0.5, 0.6) is 0 Å². The fourth-order valence-corrected chi connectivity index (χ4v) is 2.97. The summed E-state index contributed by atoms with van der Waals surface area (Å²) in [5, 5.41) is 4.34. The SMILES string of the molecule is Cc1ccn2c(C(=O)NN=C3CCCCCC3)c(C)nc2c1. The number of aryl methyl sites for hydroxylation is 2. The average molecular weight is 298 g/mol. The number of nitrogens with one attached hydrogen (secondary N) is 1. The largest absolute Gasteiger partial charge is 0.295 e. The molecular weight excluding hydrogens is 276 g/mol. The van der Waals surface area contributed by atoms with Crippen LogP contribution in [0.4, 0.5) is 0 Å². The third kappa shape index (κ3) is 3.03. The molecule has 0 aromatic carbocycles. The van der Waals surface area contributed by atoms with Crippen LogP contribution in [0.3, 0.4) is 0 Å². The molecule has 0 radical (unpaired) electrons. The summed E-state index contributed by atoms with van der Waals surface area (Å²) >= 11 is 0. The molecule has 1 saturated carbocycles. The Morgan fingerprint density at radius 2 is 1.95 bits per heavy atom. The highest BCUT2D eigenvalue weighted by atomic mass is 16.2. The molecule has 0 saturated heterocycles. The van der Waals surface area contributed by atoms with Gasteiger partial charge in [-0.15, -0.1) is 0 Å². The predicted octanol–water partition coefficient (Wildman–Crippen LogP) is 3.39. The number of nitrogens with zero attached hydrogens (tertiary/aromatic N) is 3. The molecule has 0 bridgehead atoms. The Bertz CT molecular complexity index is 720. The van der Waals surface area contributed by atoms with Gasteiger partial charge in [0.25, 0.3) is 5.91 Å². The van der Waals surface area contributed by atoms with E-state index in [1.165, 1.54) is 25.7 Å². The standard InChI is InChI=1S/C17H22N4O/c1-12-9-10-21-15(11-12)18-13(2)16(21)17(22)20-19-14-7-5-3-4-6-8-14/h9-11H,3-8H2,1-2H3,(H,20,22). The molecule has 0 aliphatic heterocycles. The first-order valence-electron chi connectivity index (χ1n) is 7.96. The van der Waals surface area contributed by atoms with Gasteiger partial charge in [-0.25, -0.2) is 10.4 Å². The summed E-state index contributed by atoms with van der Waals surface area (Å²) in [6.45, 7) is 3.87. The van der Waals surface area contributed by atoms with Crippen molar-refractivity contribution < 1.29 is 4.79 Å². The number of amides is 1. The van der Waals surface area contributed by atoms with Gasteiger partial charge in [0.05, 0.1) is 5.69 Å². The third-order valence-corrected chi connectivity index (χ3v) is 4.17. The monoisotopic (exact) mass is 298 g/mol. The summed E-state index contributed by atoms with van der Waals surface area (Å²) in [5.41, 5.74) is 7.04. The van der Waals surface area contributed by atoms with Gasteiger partial charge in [-0.05, 0) is 57.2 Å². The van der Waals surface area contributed by atoms with Crippen molar-refractivity contribution in [3.8, 4) is 0 Å². The van der Waals surface area contributed by atoms with Crippen LogP contribution in [0.2, 0.25) is 0 Å². The van der Waals surface area contributed by atoms with E-state index >= 15 is 0 Å². The molecule has 0 atom stereocenters. The van der Waals surface area contributed by atoms with Crippen molar-refractivity contribution in [1.82, 2.24) is 14.8 Å². The first-order valence-corrected chi connectivity index (χ1v) is 7.96. The zero-order chi connectivity index (χ0) is 15.5. The number of fused-ring (bicyclic) bond motifs is 1. The van der Waals surface area contributed by atoms with E-state index in [9.17, 15) is 4.79 Å². The van der Waals surface area contributed by atoms with Crippen LogP contribution in [-0.4, -0.2) is 21.0 Å². The Hall–Kier alpha value is -2.17. The van der Waals surface area contributed by atoms with Gasteiger partial charge in [0.2, 0.25) is 0 Å². The molecule has 0 spiro atoms. The lowest BCUT2D eigenvalue weighted by atomic mass is 10.2. The molecule has 2 aromatic rings. The van der Waals surface area contributed by atoms with E-state index in [0.29, 0.717) is 5.69 Å². The Morgan fingerprint density at radius 1 is 1.23 bits per heavy atom. The number of carbonyl (C=O) groups excluding carboxylic acids is 1. The Kier molecular flexibility index (Phi) is 4.22. The molecule has 1 aliphatic rings. The quantitative estimate of drug-likeness (QED) is 0.682. The van der Waals surface area contributed by atoms with Gasteiger partial charge in [-0.1, -0.05) is 12.8 Å². The molecule has 2 heterocycles. The van der Waals surface area contributed by atoms with Crippen molar-refractivity contribution in [2.75, 3.05) is 0 Å². The lowest BCUT2D eigenvalue weighted by Crippen LogP contribution is -2.22. The highest BCUT2D eigenvalue weighted by molar-refractivity contribution is 5.96. The van der Waals surface area contributed by atoms with Gasteiger partial charge < -0.3 is 0 Å². The minimum Gasteiger partial charge on any atom is -0.295 e. The molecule has 22 heavy (non-hydrogen) atoms. The minimum atomic E-state index is -0.189. The summed E-state index contributed by atoms with van der Waals surface area (Å²) in [6, 6.07) is 3.95. The number of hydrogen-bond acceptors (Lipinski definition) is 3. The van der Waals surface area contributed by atoms with Crippen LogP contribution < -0.4 is 5.43 Å². The molecule has 5 nitrogen and oxygen atoms in total. The number of rotatable bonds is 2. The lowest BCUT2D eigenvalue weighted by Gasteiger charge is -2.05. The van der Waals surface area contributed by atoms with E-state index in [-0.39, 0.29) is 5.91 Å². The second-order valence-corrected chi connectivity index (χ2v) is 6.01. The molecule has 1 N–H and O–H groups in total. The Labute approximate surface area is 130 Å². The van der Waals surface area contributed by atoms with Crippen LogP contribution in [0.15, 0.2) is 23.4 Å². The second-order valence-electron chi connectivity index (χ2n) is 6.01. The van der Waals surface area contributed by atoms with E-state index in [4.69, 9.17) is 0 Å². The Balaban J connectivity index is 1.83. The van der Waals surface area contributed by atoms with Gasteiger partial charge in [0.1, 0.15) is 11.3 Å². The predicted molar refractivity (Wildman–Crippen MR) is 87.3 cm³/mol. The van der Waals surface area contributed by atoms with E-state index in [1.54, 1.807) is 0 Å². The van der Waals surface area contributed by atoms with Crippen LogP contribution in [0.1, 0.15) is 60.3 Å². The molecule has 3 rings (SSSR count). The van der Waals surface area contributed by atoms with Crippen molar-refractivity contribution in [2.24, 2.45) is 5.10 Å². The maximum Gasteiger partial charge on any atom is 0.290 e. The van der Waals surface area contributed by atoms with Crippen LogP contribution in [0, 0.1) is 13.8 Å². The number of aromatic nitrogens is 2. The van der Waals surface area contributed by atoms with Gasteiger partial charge in [-0.2, -0.15) is 5.10 Å². The van der Waals surface area contributed by atoms with Gasteiger partial charge in [0, 0.05) is 11.9 Å². The number of hydrogen-bond donors (Lipinski definition) is 1. The molecular formula is C17H22N4O. The molecule has 1 amide bonds. The van der Waals surface area contributed by atoms with Crippen LogP contribution >= 0.6 is 0 Å². The normalized spacial score (nSPS) is 15.6. The van der Waals surface area contributed by atoms with Crippen molar-refractivity contribution in [1.29, 1.82) is 0 Å². The maximum absolute atomic E-state index is 12.5. The average Bonchev–Trinajstić information content (AvgIpc) is 2.66. The number of pyridine rings is 1. The molecule has 2 aromatic heterocycles.